The van der Waals surface area contributed by atoms with E-state index in [1.165, 1.54) is 5.56 Å². The molecule has 1 aromatic carbocycles. The number of para-hydroxylation sites is 1. The van der Waals surface area contributed by atoms with Crippen molar-refractivity contribution in [1.82, 2.24) is 0 Å². The molecule has 0 spiro atoms. The van der Waals surface area contributed by atoms with Crippen molar-refractivity contribution in [3.63, 3.8) is 0 Å². The summed E-state index contributed by atoms with van der Waals surface area (Å²) in [6, 6.07) is 8.14. The summed E-state index contributed by atoms with van der Waals surface area (Å²) < 4.78 is 0. The second-order valence-corrected chi connectivity index (χ2v) is 4.64. The van der Waals surface area contributed by atoms with Gasteiger partial charge in [0.1, 0.15) is 0 Å². The Morgan fingerprint density at radius 1 is 1.44 bits per heavy atom. The lowest BCUT2D eigenvalue weighted by Gasteiger charge is -2.32. The summed E-state index contributed by atoms with van der Waals surface area (Å²) in [5, 5.41) is 0. The molecule has 1 heterocycles. The van der Waals surface area contributed by atoms with Gasteiger partial charge in [-0.25, -0.2) is 0 Å². The third-order valence-electron chi connectivity index (χ3n) is 3.01. The van der Waals surface area contributed by atoms with E-state index >= 15 is 0 Å². The van der Waals surface area contributed by atoms with Crippen LogP contribution in [0.3, 0.4) is 0 Å². The Bertz CT molecular complexity index is 391. The van der Waals surface area contributed by atoms with Crippen LogP contribution in [0.25, 0.3) is 0 Å². The lowest BCUT2D eigenvalue weighted by molar-refractivity contribution is -0.122. The molecule has 1 unspecified atom stereocenters. The fourth-order valence-electron chi connectivity index (χ4n) is 2.20. The van der Waals surface area contributed by atoms with Gasteiger partial charge in [-0.3, -0.25) is 4.79 Å². The maximum absolute atomic E-state index is 12.1. The number of rotatable bonds is 3. The van der Waals surface area contributed by atoms with E-state index in [9.17, 15) is 4.79 Å². The molecule has 16 heavy (non-hydrogen) atoms. The predicted molar refractivity (Wildman–Crippen MR) is 67.0 cm³/mol. The summed E-state index contributed by atoms with van der Waals surface area (Å²) in [5.74, 6) is 0.911. The molecular formula is C13H16ClNO. The van der Waals surface area contributed by atoms with E-state index in [2.05, 4.69) is 6.07 Å². The quantitative estimate of drug-likeness (QED) is 0.741. The summed E-state index contributed by atoms with van der Waals surface area (Å²) in [7, 11) is 0. The molecule has 1 aliphatic heterocycles. The molecule has 1 atom stereocenters. The van der Waals surface area contributed by atoms with Gasteiger partial charge >= 0.3 is 0 Å². The molecule has 0 saturated heterocycles. The number of carbonyl (C=O) groups is 1. The molecule has 2 nitrogen and oxygen atoms in total. The van der Waals surface area contributed by atoms with Gasteiger partial charge in [0.05, 0.1) is 0 Å². The van der Waals surface area contributed by atoms with Crippen LogP contribution < -0.4 is 4.90 Å². The zero-order valence-corrected chi connectivity index (χ0v) is 10.2. The molecule has 2 rings (SSSR count). The molecule has 0 aromatic heterocycles. The first-order valence-electron chi connectivity index (χ1n) is 5.69. The molecule has 0 saturated carbocycles. The van der Waals surface area contributed by atoms with Gasteiger partial charge in [0, 0.05) is 24.0 Å². The van der Waals surface area contributed by atoms with Crippen molar-refractivity contribution >= 4 is 23.2 Å². The maximum Gasteiger partial charge on any atom is 0.230 e. The topological polar surface area (TPSA) is 20.3 Å². The summed E-state index contributed by atoms with van der Waals surface area (Å²) in [5.41, 5.74) is 2.33. The molecule has 1 amide bonds. The summed E-state index contributed by atoms with van der Waals surface area (Å²) in [4.78, 5) is 14.0. The summed E-state index contributed by atoms with van der Waals surface area (Å²) in [6.45, 7) is 2.72. The minimum absolute atomic E-state index is 0.0882. The van der Waals surface area contributed by atoms with E-state index in [0.29, 0.717) is 5.88 Å². The standard InChI is InChI=1S/C13H16ClNO/c1-10-9-11-5-2-3-6-12(11)15(13(10)16)8-4-7-14/h2-3,5-6,10H,4,7-9H2,1H3. The van der Waals surface area contributed by atoms with Crippen molar-refractivity contribution in [1.29, 1.82) is 0 Å². The van der Waals surface area contributed by atoms with Crippen LogP contribution in [0.1, 0.15) is 18.9 Å². The maximum atomic E-state index is 12.1. The molecule has 86 valence electrons. The Morgan fingerprint density at radius 3 is 2.94 bits per heavy atom. The number of amides is 1. The molecule has 3 heteroatoms. The van der Waals surface area contributed by atoms with Gasteiger partial charge in [-0.15, -0.1) is 11.6 Å². The first-order chi connectivity index (χ1) is 7.74. The first kappa shape index (κ1) is 11.5. The molecule has 0 aliphatic carbocycles. The minimum Gasteiger partial charge on any atom is -0.312 e. The van der Waals surface area contributed by atoms with Gasteiger partial charge in [0.15, 0.2) is 0 Å². The smallest absolute Gasteiger partial charge is 0.230 e. The van der Waals surface area contributed by atoms with Crippen LogP contribution in [0, 0.1) is 5.92 Å². The summed E-state index contributed by atoms with van der Waals surface area (Å²) >= 11 is 5.69. The zero-order valence-electron chi connectivity index (χ0n) is 9.45. The van der Waals surface area contributed by atoms with E-state index in [-0.39, 0.29) is 11.8 Å². The van der Waals surface area contributed by atoms with Crippen molar-refractivity contribution in [2.24, 2.45) is 5.92 Å². The second-order valence-electron chi connectivity index (χ2n) is 4.27. The zero-order chi connectivity index (χ0) is 11.5. The largest absolute Gasteiger partial charge is 0.312 e. The number of nitrogens with zero attached hydrogens (tertiary/aromatic N) is 1. The van der Waals surface area contributed by atoms with Crippen LogP contribution in [0.15, 0.2) is 24.3 Å². The van der Waals surface area contributed by atoms with E-state index in [0.717, 1.165) is 25.1 Å². The van der Waals surface area contributed by atoms with Crippen molar-refractivity contribution in [2.75, 3.05) is 17.3 Å². The van der Waals surface area contributed by atoms with Gasteiger partial charge in [-0.1, -0.05) is 25.1 Å². The van der Waals surface area contributed by atoms with Crippen molar-refractivity contribution < 1.29 is 4.79 Å². The highest BCUT2D eigenvalue weighted by atomic mass is 35.5. The SMILES string of the molecule is CC1Cc2ccccc2N(CCCCl)C1=O. The number of carbonyl (C=O) groups excluding carboxylic acids is 1. The van der Waals surface area contributed by atoms with E-state index in [4.69, 9.17) is 11.6 Å². The molecule has 0 N–H and O–H groups in total. The fraction of sp³-hybridized carbons (Fsp3) is 0.462. The number of fused-ring (bicyclic) bond motifs is 1. The monoisotopic (exact) mass is 237 g/mol. The second kappa shape index (κ2) is 4.88. The Kier molecular flexibility index (Phi) is 3.49. The molecular weight excluding hydrogens is 222 g/mol. The fourth-order valence-corrected chi connectivity index (χ4v) is 2.32. The van der Waals surface area contributed by atoms with E-state index in [1.54, 1.807) is 0 Å². The van der Waals surface area contributed by atoms with Crippen molar-refractivity contribution in [3.05, 3.63) is 29.8 Å². The Balaban J connectivity index is 2.30. The molecule has 0 fully saturated rings. The van der Waals surface area contributed by atoms with Crippen LogP contribution in [0.2, 0.25) is 0 Å². The molecule has 0 bridgehead atoms. The lowest BCUT2D eigenvalue weighted by Crippen LogP contribution is -2.40. The van der Waals surface area contributed by atoms with Crippen LogP contribution in [-0.2, 0) is 11.2 Å². The molecule has 1 aliphatic rings. The summed E-state index contributed by atoms with van der Waals surface area (Å²) in [6.07, 6.45) is 1.70. The van der Waals surface area contributed by atoms with E-state index in [1.807, 2.05) is 30.0 Å². The number of hydrogen-bond donors (Lipinski definition) is 0. The van der Waals surface area contributed by atoms with Gasteiger partial charge in [0.25, 0.3) is 0 Å². The van der Waals surface area contributed by atoms with Gasteiger partial charge in [0.2, 0.25) is 5.91 Å². The number of halogens is 1. The number of anilines is 1. The van der Waals surface area contributed by atoms with Gasteiger partial charge < -0.3 is 4.90 Å². The molecule has 1 aromatic rings. The number of benzene rings is 1. The van der Waals surface area contributed by atoms with Crippen LogP contribution in [0.4, 0.5) is 5.69 Å². The Labute approximate surface area is 101 Å². The van der Waals surface area contributed by atoms with Gasteiger partial charge in [-0.2, -0.15) is 0 Å². The van der Waals surface area contributed by atoms with Crippen LogP contribution >= 0.6 is 11.6 Å². The van der Waals surface area contributed by atoms with Crippen molar-refractivity contribution in [2.45, 2.75) is 19.8 Å². The van der Waals surface area contributed by atoms with Crippen LogP contribution in [0.5, 0.6) is 0 Å². The van der Waals surface area contributed by atoms with E-state index < -0.39 is 0 Å². The Morgan fingerprint density at radius 2 is 2.19 bits per heavy atom. The number of alkyl halides is 1. The van der Waals surface area contributed by atoms with Gasteiger partial charge in [-0.05, 0) is 24.5 Å². The average Bonchev–Trinajstić information content (AvgIpc) is 2.30. The third-order valence-corrected chi connectivity index (χ3v) is 3.28. The predicted octanol–water partition coefficient (Wildman–Crippen LogP) is 2.84. The highest BCUT2D eigenvalue weighted by Crippen LogP contribution is 2.30. The minimum atomic E-state index is 0.0882. The number of hydrogen-bond acceptors (Lipinski definition) is 1. The highest BCUT2D eigenvalue weighted by Gasteiger charge is 2.28. The first-order valence-corrected chi connectivity index (χ1v) is 6.22. The normalized spacial score (nSPS) is 19.8. The van der Waals surface area contributed by atoms with Crippen LogP contribution in [-0.4, -0.2) is 18.3 Å². The third kappa shape index (κ3) is 2.07. The Hall–Kier alpha value is -1.02. The highest BCUT2D eigenvalue weighted by molar-refractivity contribution is 6.17. The molecule has 0 radical (unpaired) electrons. The van der Waals surface area contributed by atoms with Crippen molar-refractivity contribution in [3.8, 4) is 0 Å². The lowest BCUT2D eigenvalue weighted by atomic mass is 9.93. The average molecular weight is 238 g/mol.